The van der Waals surface area contributed by atoms with Gasteiger partial charge in [0.2, 0.25) is 0 Å². The van der Waals surface area contributed by atoms with Gasteiger partial charge in [0.25, 0.3) is 0 Å². The molecule has 0 saturated carbocycles. The van der Waals surface area contributed by atoms with Crippen molar-refractivity contribution in [1.29, 1.82) is 0 Å². The molecule has 1 nitrogen and oxygen atoms in total. The summed E-state index contributed by atoms with van der Waals surface area (Å²) >= 11 is 0. The van der Waals surface area contributed by atoms with Crippen LogP contribution < -0.4 is 4.74 Å². The summed E-state index contributed by atoms with van der Waals surface area (Å²) in [6.07, 6.45) is 2.96. The molecule has 0 bridgehead atoms. The molecule has 4 rings (SSSR count). The maximum absolute atomic E-state index is 15.1. The van der Waals surface area contributed by atoms with E-state index < -0.39 is 11.9 Å². The minimum absolute atomic E-state index is 0.227. The summed E-state index contributed by atoms with van der Waals surface area (Å²) in [5.74, 6) is -1.01. The van der Waals surface area contributed by atoms with Crippen molar-refractivity contribution in [3.05, 3.63) is 77.1 Å². The quantitative estimate of drug-likeness (QED) is 0.320. The molecule has 1 heterocycles. The van der Waals surface area contributed by atoms with Crippen molar-refractivity contribution < 1.29 is 17.9 Å². The summed E-state index contributed by atoms with van der Waals surface area (Å²) in [6.45, 7) is 4.23. The van der Waals surface area contributed by atoms with Crippen molar-refractivity contribution >= 4 is 0 Å². The third kappa shape index (κ3) is 4.41. The molecule has 0 unspecified atom stereocenters. The van der Waals surface area contributed by atoms with Gasteiger partial charge in [0.15, 0.2) is 11.6 Å². The monoisotopic (exact) mass is 438 g/mol. The molecule has 3 aromatic carbocycles. The van der Waals surface area contributed by atoms with Crippen molar-refractivity contribution in [2.24, 2.45) is 0 Å². The van der Waals surface area contributed by atoms with E-state index >= 15 is 13.2 Å². The number of hydrogen-bond donors (Lipinski definition) is 0. The van der Waals surface area contributed by atoms with Crippen LogP contribution in [0.5, 0.6) is 5.75 Å². The zero-order chi connectivity index (χ0) is 22.7. The average molecular weight is 439 g/mol. The van der Waals surface area contributed by atoms with Crippen LogP contribution in [0.3, 0.4) is 0 Å². The van der Waals surface area contributed by atoms with Gasteiger partial charge in [0, 0.05) is 5.56 Å². The summed E-state index contributed by atoms with van der Waals surface area (Å²) in [6, 6.07) is 16.3. The lowest BCUT2D eigenvalue weighted by atomic mass is 9.90. The third-order valence-electron chi connectivity index (χ3n) is 6.16. The predicted molar refractivity (Wildman–Crippen MR) is 124 cm³/mol. The molecule has 168 valence electrons. The molecule has 0 aliphatic carbocycles. The molecule has 0 N–H and O–H groups in total. The molecule has 1 aliphatic rings. The molecular weight excluding hydrogens is 409 g/mol. The summed E-state index contributed by atoms with van der Waals surface area (Å²) < 4.78 is 50.1. The van der Waals surface area contributed by atoms with Crippen LogP contribution >= 0.6 is 0 Å². The summed E-state index contributed by atoms with van der Waals surface area (Å²) in [5.41, 5.74) is 3.68. The highest BCUT2D eigenvalue weighted by atomic mass is 19.3. The zero-order valence-corrected chi connectivity index (χ0v) is 18.7. The standard InChI is InChI=1S/C28H29F3O/c1-3-5-6-7-9-21-14-17-24-23-16-15-22(20-12-10-19(8-4-2)11-13-20)18-25(23)28(30,31)32-27(24)26(21)29/h10-18H,3-9H2,1-2H3. The van der Waals surface area contributed by atoms with E-state index in [1.54, 1.807) is 18.2 Å². The Morgan fingerprint density at radius 1 is 0.750 bits per heavy atom. The van der Waals surface area contributed by atoms with Gasteiger partial charge in [-0.05, 0) is 53.1 Å². The van der Waals surface area contributed by atoms with E-state index in [0.717, 1.165) is 44.1 Å². The van der Waals surface area contributed by atoms with E-state index in [9.17, 15) is 0 Å². The van der Waals surface area contributed by atoms with Gasteiger partial charge in [0.05, 0.1) is 5.56 Å². The highest BCUT2D eigenvalue weighted by molar-refractivity contribution is 5.80. The Morgan fingerprint density at radius 3 is 2.19 bits per heavy atom. The summed E-state index contributed by atoms with van der Waals surface area (Å²) in [7, 11) is 0. The molecule has 3 aromatic rings. The van der Waals surface area contributed by atoms with Crippen LogP contribution in [0.25, 0.3) is 22.3 Å². The Kier molecular flexibility index (Phi) is 6.59. The minimum Gasteiger partial charge on any atom is -0.425 e. The van der Waals surface area contributed by atoms with Crippen molar-refractivity contribution in [3.63, 3.8) is 0 Å². The number of fused-ring (bicyclic) bond motifs is 3. The molecule has 4 heteroatoms. The second-order valence-corrected chi connectivity index (χ2v) is 8.55. The molecule has 1 aliphatic heterocycles. The molecule has 0 atom stereocenters. The first kappa shape index (κ1) is 22.4. The van der Waals surface area contributed by atoms with Crippen LogP contribution in [0.2, 0.25) is 0 Å². The fraction of sp³-hybridized carbons (Fsp3) is 0.357. The molecule has 0 saturated heterocycles. The average Bonchev–Trinajstić information content (AvgIpc) is 2.79. The third-order valence-corrected chi connectivity index (χ3v) is 6.16. The summed E-state index contributed by atoms with van der Waals surface area (Å²) in [4.78, 5) is 0. The number of ether oxygens (including phenoxy) is 1. The van der Waals surface area contributed by atoms with Gasteiger partial charge in [-0.25, -0.2) is 4.39 Å². The summed E-state index contributed by atoms with van der Waals surface area (Å²) in [5, 5.41) is 0. The number of aryl methyl sites for hydroxylation is 2. The number of halogens is 3. The first-order chi connectivity index (χ1) is 15.4. The largest absolute Gasteiger partial charge is 0.427 e. The molecule has 0 spiro atoms. The highest BCUT2D eigenvalue weighted by Crippen LogP contribution is 2.49. The van der Waals surface area contributed by atoms with Crippen LogP contribution in [0.15, 0.2) is 54.6 Å². The van der Waals surface area contributed by atoms with E-state index in [4.69, 9.17) is 4.74 Å². The Hall–Kier alpha value is -2.75. The van der Waals surface area contributed by atoms with E-state index in [1.165, 1.54) is 11.6 Å². The van der Waals surface area contributed by atoms with Gasteiger partial charge in [0.1, 0.15) is 0 Å². The fourth-order valence-corrected chi connectivity index (χ4v) is 4.38. The van der Waals surface area contributed by atoms with Crippen LogP contribution in [0.1, 0.15) is 62.6 Å². The normalized spacial score (nSPS) is 13.9. The van der Waals surface area contributed by atoms with Crippen molar-refractivity contribution in [1.82, 2.24) is 0 Å². The van der Waals surface area contributed by atoms with Crippen molar-refractivity contribution in [3.8, 4) is 28.0 Å². The van der Waals surface area contributed by atoms with Gasteiger partial charge < -0.3 is 4.74 Å². The lowest BCUT2D eigenvalue weighted by Crippen LogP contribution is -2.27. The second-order valence-electron chi connectivity index (χ2n) is 8.55. The molecule has 32 heavy (non-hydrogen) atoms. The molecule has 0 radical (unpaired) electrons. The van der Waals surface area contributed by atoms with Crippen LogP contribution in [0.4, 0.5) is 13.2 Å². The van der Waals surface area contributed by atoms with Gasteiger partial charge in [-0.15, -0.1) is 0 Å². The molecule has 0 fully saturated rings. The molecule has 0 aromatic heterocycles. The lowest BCUT2D eigenvalue weighted by molar-refractivity contribution is -0.188. The molecule has 0 amide bonds. The van der Waals surface area contributed by atoms with E-state index in [-0.39, 0.29) is 11.3 Å². The zero-order valence-electron chi connectivity index (χ0n) is 18.7. The number of unbranched alkanes of at least 4 members (excludes halogenated alkanes) is 3. The number of hydrogen-bond acceptors (Lipinski definition) is 1. The Bertz CT molecular complexity index is 1090. The highest BCUT2D eigenvalue weighted by Gasteiger charge is 2.43. The Labute approximate surface area is 188 Å². The van der Waals surface area contributed by atoms with Gasteiger partial charge >= 0.3 is 6.11 Å². The maximum Gasteiger partial charge on any atom is 0.427 e. The van der Waals surface area contributed by atoms with E-state index in [2.05, 4.69) is 13.8 Å². The number of benzene rings is 3. The Morgan fingerprint density at radius 2 is 1.47 bits per heavy atom. The fourth-order valence-electron chi connectivity index (χ4n) is 4.38. The maximum atomic E-state index is 15.1. The van der Waals surface area contributed by atoms with E-state index in [0.29, 0.717) is 28.7 Å². The first-order valence-corrected chi connectivity index (χ1v) is 11.6. The minimum atomic E-state index is -3.60. The van der Waals surface area contributed by atoms with Crippen LogP contribution in [-0.2, 0) is 19.0 Å². The lowest BCUT2D eigenvalue weighted by Gasteiger charge is -2.29. The molecular formula is C28H29F3O. The smallest absolute Gasteiger partial charge is 0.425 e. The predicted octanol–water partition coefficient (Wildman–Crippen LogP) is 8.68. The van der Waals surface area contributed by atoms with Gasteiger partial charge in [-0.3, -0.25) is 0 Å². The van der Waals surface area contributed by atoms with Crippen LogP contribution in [0, 0.1) is 5.82 Å². The van der Waals surface area contributed by atoms with E-state index in [1.807, 2.05) is 30.3 Å². The number of alkyl halides is 2. The SMILES string of the molecule is CCCCCCc1ccc2c(c1F)OC(F)(F)c1cc(-c3ccc(CCC)cc3)ccc1-2. The first-order valence-electron chi connectivity index (χ1n) is 11.6. The van der Waals surface area contributed by atoms with Gasteiger partial charge in [-0.1, -0.05) is 88.1 Å². The van der Waals surface area contributed by atoms with Crippen LogP contribution in [-0.4, -0.2) is 0 Å². The van der Waals surface area contributed by atoms with Gasteiger partial charge in [-0.2, -0.15) is 8.78 Å². The number of rotatable bonds is 8. The topological polar surface area (TPSA) is 9.23 Å². The Balaban J connectivity index is 1.68. The van der Waals surface area contributed by atoms with Crippen molar-refractivity contribution in [2.45, 2.75) is 64.9 Å². The second kappa shape index (κ2) is 9.40. The van der Waals surface area contributed by atoms with Crippen molar-refractivity contribution in [2.75, 3.05) is 0 Å².